The summed E-state index contributed by atoms with van der Waals surface area (Å²) in [6, 6.07) is 16.7. The second kappa shape index (κ2) is 8.61. The molecule has 2 fully saturated rings. The van der Waals surface area contributed by atoms with Crippen molar-refractivity contribution < 1.29 is 14.6 Å². The van der Waals surface area contributed by atoms with Crippen LogP contribution in [-0.4, -0.2) is 41.7 Å². The zero-order chi connectivity index (χ0) is 21.1. The fourth-order valence-electron chi connectivity index (χ4n) is 4.25. The normalized spacial score (nSPS) is 22.7. The maximum Gasteiger partial charge on any atom is 0.227 e. The summed E-state index contributed by atoms with van der Waals surface area (Å²) in [7, 11) is 1.62. The minimum absolute atomic E-state index is 0.0161. The Morgan fingerprint density at radius 2 is 1.90 bits per heavy atom. The summed E-state index contributed by atoms with van der Waals surface area (Å²) in [5.74, 6) is 6.84. The Labute approximate surface area is 176 Å². The van der Waals surface area contributed by atoms with E-state index in [4.69, 9.17) is 4.74 Å². The largest absolute Gasteiger partial charge is 0.495 e. The summed E-state index contributed by atoms with van der Waals surface area (Å²) >= 11 is 0. The van der Waals surface area contributed by atoms with Gasteiger partial charge in [-0.1, -0.05) is 42.5 Å². The molecule has 0 bridgehead atoms. The van der Waals surface area contributed by atoms with E-state index in [-0.39, 0.29) is 30.4 Å². The van der Waals surface area contributed by atoms with E-state index < -0.39 is 6.04 Å². The van der Waals surface area contributed by atoms with Gasteiger partial charge in [0.2, 0.25) is 5.91 Å². The molecule has 2 aliphatic rings. The Kier molecular flexibility index (Phi) is 5.74. The Hall–Kier alpha value is -3.28. The highest BCUT2D eigenvalue weighted by Crippen LogP contribution is 2.43. The average Bonchev–Trinajstić information content (AvgIpc) is 2.72. The van der Waals surface area contributed by atoms with Gasteiger partial charge in [0, 0.05) is 17.4 Å². The number of para-hydroxylation sites is 1. The highest BCUT2D eigenvalue weighted by molar-refractivity contribution is 5.82. The van der Waals surface area contributed by atoms with E-state index in [2.05, 4.69) is 17.9 Å². The van der Waals surface area contributed by atoms with Crippen molar-refractivity contribution >= 4 is 5.91 Å². The molecule has 0 aromatic heterocycles. The van der Waals surface area contributed by atoms with Gasteiger partial charge in [-0.2, -0.15) is 5.26 Å². The van der Waals surface area contributed by atoms with Crippen LogP contribution < -0.4 is 4.74 Å². The van der Waals surface area contributed by atoms with Crippen LogP contribution in [0.25, 0.3) is 0 Å². The summed E-state index contributed by atoms with van der Waals surface area (Å²) in [5.41, 5.74) is 2.61. The Bertz CT molecular complexity index is 1020. The molecular formula is C25H24N2O3. The molecule has 1 saturated carbocycles. The van der Waals surface area contributed by atoms with E-state index in [0.29, 0.717) is 0 Å². The second-order valence-electron chi connectivity index (χ2n) is 7.80. The molecule has 0 radical (unpaired) electrons. The number of carbonyl (C=O) groups is 1. The number of hydrogen-bond acceptors (Lipinski definition) is 4. The SMILES string of the molecule is COc1ccccc1C#Cc1ccc([C@H]2[C@@H](C#N)N(C(=O)C3CCC3)[C@H]2CO)cc1. The Morgan fingerprint density at radius 3 is 2.50 bits per heavy atom. The van der Waals surface area contributed by atoms with Crippen molar-refractivity contribution in [3.05, 3.63) is 65.2 Å². The number of nitriles is 1. The summed E-state index contributed by atoms with van der Waals surface area (Å²) in [4.78, 5) is 14.3. The number of nitrogens with zero attached hydrogens (tertiary/aromatic N) is 2. The first-order valence-corrected chi connectivity index (χ1v) is 10.3. The topological polar surface area (TPSA) is 73.6 Å². The molecule has 1 heterocycles. The standard InChI is InChI=1S/C25H24N2O3/c1-30-23-8-3-2-5-18(23)12-9-17-10-13-19(14-11-17)24-21(15-26)27(22(24)16-28)25(29)20-6-4-7-20/h2-3,5,8,10-11,13-14,20-22,24,28H,4,6-7,16H2,1H3/t21-,22+,24+/m1/s1. The number of ether oxygens (including phenoxy) is 1. The molecule has 4 rings (SSSR count). The number of likely N-dealkylation sites (tertiary alicyclic amines) is 1. The molecular weight excluding hydrogens is 376 g/mol. The highest BCUT2D eigenvalue weighted by atomic mass is 16.5. The van der Waals surface area contributed by atoms with Crippen molar-refractivity contribution in [3.8, 4) is 23.7 Å². The molecule has 5 heteroatoms. The molecule has 0 unspecified atom stereocenters. The van der Waals surface area contributed by atoms with Crippen LogP contribution in [0.2, 0.25) is 0 Å². The van der Waals surface area contributed by atoms with Gasteiger partial charge >= 0.3 is 0 Å². The van der Waals surface area contributed by atoms with Gasteiger partial charge in [0.05, 0.1) is 31.4 Å². The van der Waals surface area contributed by atoms with Gasteiger partial charge in [0.15, 0.2) is 0 Å². The third-order valence-electron chi connectivity index (χ3n) is 6.18. The Morgan fingerprint density at radius 1 is 1.17 bits per heavy atom. The predicted octanol–water partition coefficient (Wildman–Crippen LogP) is 3.07. The van der Waals surface area contributed by atoms with Gasteiger partial charge in [-0.3, -0.25) is 4.79 Å². The molecule has 30 heavy (non-hydrogen) atoms. The molecule has 1 amide bonds. The van der Waals surface area contributed by atoms with Gasteiger partial charge in [-0.15, -0.1) is 0 Å². The van der Waals surface area contributed by atoms with Crippen molar-refractivity contribution in [3.63, 3.8) is 0 Å². The molecule has 152 valence electrons. The predicted molar refractivity (Wildman–Crippen MR) is 113 cm³/mol. The summed E-state index contributed by atoms with van der Waals surface area (Å²) < 4.78 is 5.32. The highest BCUT2D eigenvalue weighted by Gasteiger charge is 2.53. The molecule has 2 aromatic rings. The van der Waals surface area contributed by atoms with Crippen molar-refractivity contribution in [2.75, 3.05) is 13.7 Å². The number of aliphatic hydroxyl groups is 1. The molecule has 0 spiro atoms. The monoisotopic (exact) mass is 400 g/mol. The first kappa shape index (κ1) is 20.0. The van der Waals surface area contributed by atoms with Crippen LogP contribution in [0.15, 0.2) is 48.5 Å². The van der Waals surface area contributed by atoms with Gasteiger partial charge in [0.1, 0.15) is 11.8 Å². The van der Waals surface area contributed by atoms with Crippen LogP contribution in [0, 0.1) is 29.1 Å². The summed E-state index contributed by atoms with van der Waals surface area (Å²) in [5, 5.41) is 19.6. The lowest BCUT2D eigenvalue weighted by Gasteiger charge is -2.53. The average molecular weight is 400 g/mol. The lowest BCUT2D eigenvalue weighted by atomic mass is 9.73. The lowest BCUT2D eigenvalue weighted by molar-refractivity contribution is -0.154. The van der Waals surface area contributed by atoms with Gasteiger partial charge in [-0.25, -0.2) is 0 Å². The first-order valence-electron chi connectivity index (χ1n) is 10.3. The minimum Gasteiger partial charge on any atom is -0.495 e. The number of benzene rings is 2. The van der Waals surface area contributed by atoms with Gasteiger partial charge in [0.25, 0.3) is 0 Å². The zero-order valence-electron chi connectivity index (χ0n) is 16.9. The summed E-state index contributed by atoms with van der Waals surface area (Å²) in [6.45, 7) is -0.142. The lowest BCUT2D eigenvalue weighted by Crippen LogP contribution is -2.66. The fourth-order valence-corrected chi connectivity index (χ4v) is 4.25. The fraction of sp³-hybridized carbons (Fsp3) is 0.360. The number of aliphatic hydroxyl groups excluding tert-OH is 1. The van der Waals surface area contributed by atoms with Crippen molar-refractivity contribution in [1.29, 1.82) is 5.26 Å². The first-order chi connectivity index (χ1) is 14.7. The quantitative estimate of drug-likeness (QED) is 0.801. The molecule has 1 saturated heterocycles. The van der Waals surface area contributed by atoms with E-state index in [1.165, 1.54) is 0 Å². The molecule has 5 nitrogen and oxygen atoms in total. The molecule has 1 N–H and O–H groups in total. The zero-order valence-corrected chi connectivity index (χ0v) is 16.9. The van der Waals surface area contributed by atoms with E-state index in [0.717, 1.165) is 41.7 Å². The van der Waals surface area contributed by atoms with E-state index in [1.807, 2.05) is 48.5 Å². The molecule has 2 aromatic carbocycles. The molecule has 1 aliphatic carbocycles. The van der Waals surface area contributed by atoms with Crippen molar-refractivity contribution in [1.82, 2.24) is 4.90 Å². The van der Waals surface area contributed by atoms with Crippen LogP contribution in [0.5, 0.6) is 5.75 Å². The minimum atomic E-state index is -0.527. The molecule has 3 atom stereocenters. The van der Waals surface area contributed by atoms with Crippen LogP contribution in [0.1, 0.15) is 41.9 Å². The number of hydrogen-bond donors (Lipinski definition) is 1. The van der Waals surface area contributed by atoms with Crippen molar-refractivity contribution in [2.45, 2.75) is 37.3 Å². The third-order valence-corrected chi connectivity index (χ3v) is 6.18. The Balaban J connectivity index is 1.52. The van der Waals surface area contributed by atoms with Crippen LogP contribution in [-0.2, 0) is 4.79 Å². The van der Waals surface area contributed by atoms with Crippen LogP contribution in [0.3, 0.4) is 0 Å². The van der Waals surface area contributed by atoms with E-state index >= 15 is 0 Å². The number of methoxy groups -OCH3 is 1. The smallest absolute Gasteiger partial charge is 0.227 e. The van der Waals surface area contributed by atoms with Gasteiger partial charge in [-0.05, 0) is 42.7 Å². The van der Waals surface area contributed by atoms with E-state index in [1.54, 1.807) is 12.0 Å². The van der Waals surface area contributed by atoms with Crippen LogP contribution >= 0.6 is 0 Å². The molecule has 1 aliphatic heterocycles. The number of rotatable bonds is 4. The second-order valence-corrected chi connectivity index (χ2v) is 7.80. The van der Waals surface area contributed by atoms with Gasteiger partial charge < -0.3 is 14.7 Å². The number of amides is 1. The maximum absolute atomic E-state index is 12.7. The third kappa shape index (κ3) is 3.54. The summed E-state index contributed by atoms with van der Waals surface area (Å²) in [6.07, 6.45) is 2.83. The van der Waals surface area contributed by atoms with Crippen molar-refractivity contribution in [2.24, 2.45) is 5.92 Å². The van der Waals surface area contributed by atoms with E-state index in [9.17, 15) is 15.2 Å². The maximum atomic E-state index is 12.7. The van der Waals surface area contributed by atoms with Crippen LogP contribution in [0.4, 0.5) is 0 Å². The number of carbonyl (C=O) groups excluding carboxylic acids is 1.